The van der Waals surface area contributed by atoms with Gasteiger partial charge in [0.1, 0.15) is 10.4 Å². The summed E-state index contributed by atoms with van der Waals surface area (Å²) in [4.78, 5) is 4.59. The molecule has 4 heteroatoms. The maximum atomic E-state index is 5.82. The first-order chi connectivity index (χ1) is 9.63. The van der Waals surface area contributed by atoms with Crippen LogP contribution in [-0.2, 0) is 12.8 Å². The molecule has 0 radical (unpaired) electrons. The monoisotopic (exact) mass is 329 g/mol. The fraction of sp³-hybridized carbons (Fsp3) is 0.188. The van der Waals surface area contributed by atoms with Crippen molar-refractivity contribution in [3.8, 4) is 0 Å². The molecule has 0 atom stereocenters. The molecule has 0 amide bonds. The summed E-state index contributed by atoms with van der Waals surface area (Å²) >= 11 is 3.50. The molecule has 0 aliphatic carbocycles. The molecule has 1 aromatic carbocycles. The first-order valence-electron chi connectivity index (χ1n) is 6.61. The molecule has 102 valence electrons. The number of hydrogen-bond donors (Lipinski definition) is 1. The van der Waals surface area contributed by atoms with Crippen molar-refractivity contribution in [2.75, 3.05) is 5.73 Å². The van der Waals surface area contributed by atoms with Gasteiger partial charge in [0.05, 0.1) is 5.52 Å². The normalized spacial score (nSPS) is 11.1. The molecule has 0 bridgehead atoms. The number of hydrogen-bond acceptors (Lipinski definition) is 2. The molecule has 20 heavy (non-hydrogen) atoms. The van der Waals surface area contributed by atoms with Crippen LogP contribution in [0.3, 0.4) is 0 Å². The molecule has 0 aliphatic rings. The Morgan fingerprint density at radius 1 is 1.15 bits per heavy atom. The largest absolute Gasteiger partial charge is 0.399 e. The highest BCUT2D eigenvalue weighted by Crippen LogP contribution is 2.22. The summed E-state index contributed by atoms with van der Waals surface area (Å²) in [5.74, 6) is 1.05. The van der Waals surface area contributed by atoms with Gasteiger partial charge in [0.2, 0.25) is 0 Å². The first-order valence-corrected chi connectivity index (χ1v) is 7.40. The average molecular weight is 330 g/mol. The molecular formula is C16H16BrN3. The zero-order valence-electron chi connectivity index (χ0n) is 11.3. The van der Waals surface area contributed by atoms with Crippen LogP contribution in [0.15, 0.2) is 47.2 Å². The molecule has 3 nitrogen and oxygen atoms in total. The van der Waals surface area contributed by atoms with E-state index >= 15 is 0 Å². The van der Waals surface area contributed by atoms with Gasteiger partial charge in [0.15, 0.2) is 0 Å². The van der Waals surface area contributed by atoms with Gasteiger partial charge >= 0.3 is 0 Å². The Labute approximate surface area is 126 Å². The summed E-state index contributed by atoms with van der Waals surface area (Å²) in [6.45, 7) is 2.10. The van der Waals surface area contributed by atoms with Gasteiger partial charge in [-0.1, -0.05) is 29.8 Å². The van der Waals surface area contributed by atoms with Crippen molar-refractivity contribution in [1.29, 1.82) is 0 Å². The summed E-state index contributed by atoms with van der Waals surface area (Å²) < 4.78 is 2.94. The average Bonchev–Trinajstić information content (AvgIpc) is 2.74. The number of pyridine rings is 1. The standard InChI is InChI=1S/C16H16BrN3/c1-11-2-4-12(5-3-11)6-7-15-19-16(17)14-10-13(18)8-9-20(14)15/h2-5,8-10H,6-7,18H2,1H3. The van der Waals surface area contributed by atoms with Gasteiger partial charge in [0.25, 0.3) is 0 Å². The van der Waals surface area contributed by atoms with Crippen LogP contribution < -0.4 is 5.73 Å². The van der Waals surface area contributed by atoms with E-state index in [9.17, 15) is 0 Å². The highest BCUT2D eigenvalue weighted by molar-refractivity contribution is 9.10. The second-order valence-electron chi connectivity index (χ2n) is 5.02. The predicted molar refractivity (Wildman–Crippen MR) is 85.9 cm³/mol. The third kappa shape index (κ3) is 2.56. The number of imidazole rings is 1. The molecule has 0 unspecified atom stereocenters. The van der Waals surface area contributed by atoms with Crippen LogP contribution in [0.5, 0.6) is 0 Å². The van der Waals surface area contributed by atoms with Crippen molar-refractivity contribution in [2.24, 2.45) is 0 Å². The second kappa shape index (κ2) is 5.29. The minimum atomic E-state index is 0.753. The van der Waals surface area contributed by atoms with E-state index in [1.165, 1.54) is 11.1 Å². The molecule has 0 spiro atoms. The van der Waals surface area contributed by atoms with Crippen molar-refractivity contribution in [1.82, 2.24) is 9.38 Å². The third-order valence-electron chi connectivity index (χ3n) is 3.45. The second-order valence-corrected chi connectivity index (χ2v) is 5.77. The Bertz CT molecular complexity index is 744. The smallest absolute Gasteiger partial charge is 0.132 e. The zero-order valence-corrected chi connectivity index (χ0v) is 12.9. The number of nitrogens with two attached hydrogens (primary N) is 1. The van der Waals surface area contributed by atoms with Crippen LogP contribution in [0.1, 0.15) is 17.0 Å². The van der Waals surface area contributed by atoms with Gasteiger partial charge in [-0.05, 0) is 47.0 Å². The van der Waals surface area contributed by atoms with E-state index in [0.29, 0.717) is 0 Å². The molecule has 3 aromatic rings. The lowest BCUT2D eigenvalue weighted by molar-refractivity contribution is 0.852. The first kappa shape index (κ1) is 13.2. The molecule has 2 aromatic heterocycles. The number of nitrogen functional groups attached to an aromatic ring is 1. The molecule has 0 fully saturated rings. The number of rotatable bonds is 3. The van der Waals surface area contributed by atoms with E-state index in [0.717, 1.165) is 34.5 Å². The molecule has 2 N–H and O–H groups in total. The highest BCUT2D eigenvalue weighted by Gasteiger charge is 2.09. The number of fused-ring (bicyclic) bond motifs is 1. The van der Waals surface area contributed by atoms with E-state index in [2.05, 4.69) is 56.5 Å². The van der Waals surface area contributed by atoms with Gasteiger partial charge in [-0.2, -0.15) is 0 Å². The van der Waals surface area contributed by atoms with Gasteiger partial charge in [-0.15, -0.1) is 0 Å². The highest BCUT2D eigenvalue weighted by atomic mass is 79.9. The summed E-state index contributed by atoms with van der Waals surface area (Å²) in [5.41, 5.74) is 10.2. The SMILES string of the molecule is Cc1ccc(CCc2nc(Br)c3cc(N)ccn23)cc1. The summed E-state index contributed by atoms with van der Waals surface area (Å²) in [7, 11) is 0. The van der Waals surface area contributed by atoms with Crippen LogP contribution in [-0.4, -0.2) is 9.38 Å². The van der Waals surface area contributed by atoms with Crippen LogP contribution in [0, 0.1) is 6.92 Å². The van der Waals surface area contributed by atoms with Crippen molar-refractivity contribution >= 4 is 27.1 Å². The minimum Gasteiger partial charge on any atom is -0.399 e. The van der Waals surface area contributed by atoms with Crippen LogP contribution in [0.25, 0.3) is 5.52 Å². The molecule has 0 saturated heterocycles. The molecule has 0 saturated carbocycles. The fourth-order valence-electron chi connectivity index (χ4n) is 2.31. The van der Waals surface area contributed by atoms with Crippen molar-refractivity contribution in [3.05, 3.63) is 64.1 Å². The fourth-order valence-corrected chi connectivity index (χ4v) is 2.82. The number of benzene rings is 1. The Kier molecular flexibility index (Phi) is 3.49. The third-order valence-corrected chi connectivity index (χ3v) is 4.04. The van der Waals surface area contributed by atoms with Crippen molar-refractivity contribution in [3.63, 3.8) is 0 Å². The Hall–Kier alpha value is -1.81. The van der Waals surface area contributed by atoms with Gasteiger partial charge in [-0.25, -0.2) is 4.98 Å². The van der Waals surface area contributed by atoms with E-state index in [1.54, 1.807) is 0 Å². The Morgan fingerprint density at radius 3 is 2.65 bits per heavy atom. The van der Waals surface area contributed by atoms with Gasteiger partial charge in [0, 0.05) is 18.3 Å². The van der Waals surface area contributed by atoms with Gasteiger partial charge in [-0.3, -0.25) is 0 Å². The maximum Gasteiger partial charge on any atom is 0.132 e. The van der Waals surface area contributed by atoms with Gasteiger partial charge < -0.3 is 10.1 Å². The van der Waals surface area contributed by atoms with E-state index in [1.807, 2.05) is 18.3 Å². The molecule has 0 aliphatic heterocycles. The quantitative estimate of drug-likeness (QED) is 0.794. The lowest BCUT2D eigenvalue weighted by Crippen LogP contribution is -1.98. The predicted octanol–water partition coefficient (Wildman–Crippen LogP) is 3.77. The Morgan fingerprint density at radius 2 is 1.90 bits per heavy atom. The number of halogens is 1. The maximum absolute atomic E-state index is 5.82. The van der Waals surface area contributed by atoms with E-state index < -0.39 is 0 Å². The lowest BCUT2D eigenvalue weighted by Gasteiger charge is -2.03. The van der Waals surface area contributed by atoms with Crippen molar-refractivity contribution < 1.29 is 0 Å². The summed E-state index contributed by atoms with van der Waals surface area (Å²) in [6.07, 6.45) is 3.86. The van der Waals surface area contributed by atoms with E-state index in [-0.39, 0.29) is 0 Å². The molecular weight excluding hydrogens is 314 g/mol. The summed E-state index contributed by atoms with van der Waals surface area (Å²) in [5, 5.41) is 0. The van der Waals surface area contributed by atoms with Crippen molar-refractivity contribution in [2.45, 2.75) is 19.8 Å². The zero-order chi connectivity index (χ0) is 14.1. The number of nitrogens with zero attached hydrogens (tertiary/aromatic N) is 2. The number of aromatic nitrogens is 2. The topological polar surface area (TPSA) is 43.3 Å². The van der Waals surface area contributed by atoms with E-state index in [4.69, 9.17) is 5.73 Å². The molecule has 3 rings (SSSR count). The number of anilines is 1. The number of aryl methyl sites for hydroxylation is 3. The minimum absolute atomic E-state index is 0.753. The van der Waals surface area contributed by atoms with Crippen LogP contribution in [0.2, 0.25) is 0 Å². The molecule has 2 heterocycles. The van der Waals surface area contributed by atoms with Crippen LogP contribution in [0.4, 0.5) is 5.69 Å². The summed E-state index contributed by atoms with van der Waals surface area (Å²) in [6, 6.07) is 12.5. The van der Waals surface area contributed by atoms with Crippen LogP contribution >= 0.6 is 15.9 Å². The lowest BCUT2D eigenvalue weighted by atomic mass is 10.1. The Balaban J connectivity index is 1.86.